The number of carbonyl (C=O) groups is 1. The van der Waals surface area contributed by atoms with Crippen molar-refractivity contribution < 1.29 is 22.7 Å². The van der Waals surface area contributed by atoms with Crippen molar-refractivity contribution in [1.82, 2.24) is 5.32 Å². The van der Waals surface area contributed by atoms with Crippen LogP contribution >= 0.6 is 11.8 Å². The molecule has 176 valence electrons. The molecule has 0 saturated carbocycles. The van der Waals surface area contributed by atoms with E-state index < -0.39 is 15.9 Å². The zero-order valence-corrected chi connectivity index (χ0v) is 21.1. The van der Waals surface area contributed by atoms with E-state index in [-0.39, 0.29) is 27.6 Å². The lowest BCUT2D eigenvalue weighted by Crippen LogP contribution is -2.41. The number of sulfonamides is 1. The summed E-state index contributed by atoms with van der Waals surface area (Å²) in [4.78, 5) is 12.8. The third-order valence-electron chi connectivity index (χ3n) is 4.51. The minimum absolute atomic E-state index is 0.0853. The second kappa shape index (κ2) is 11.0. The molecular formula is C23H32N2O5S2. The highest BCUT2D eigenvalue weighted by atomic mass is 32.2. The van der Waals surface area contributed by atoms with Crippen LogP contribution in [0.25, 0.3) is 0 Å². The molecule has 0 heterocycles. The van der Waals surface area contributed by atoms with E-state index in [4.69, 9.17) is 9.47 Å². The van der Waals surface area contributed by atoms with Crippen LogP contribution in [0.5, 0.6) is 11.5 Å². The molecule has 9 heteroatoms. The van der Waals surface area contributed by atoms with Crippen LogP contribution < -0.4 is 19.1 Å². The van der Waals surface area contributed by atoms with Crippen molar-refractivity contribution in [2.24, 2.45) is 0 Å². The Morgan fingerprint density at radius 1 is 1.06 bits per heavy atom. The Hall–Kier alpha value is -2.39. The van der Waals surface area contributed by atoms with Crippen LogP contribution in [0.4, 0.5) is 5.69 Å². The smallest absolute Gasteiger partial charge is 0.264 e. The molecule has 0 unspecified atom stereocenters. The third-order valence-corrected chi connectivity index (χ3v) is 7.56. The van der Waals surface area contributed by atoms with E-state index in [2.05, 4.69) is 26.1 Å². The number of ether oxygens (including phenoxy) is 2. The van der Waals surface area contributed by atoms with Crippen molar-refractivity contribution in [2.45, 2.75) is 37.3 Å². The summed E-state index contributed by atoms with van der Waals surface area (Å²) in [6.07, 6.45) is 0. The van der Waals surface area contributed by atoms with Crippen molar-refractivity contribution in [3.8, 4) is 11.5 Å². The SMILES string of the molecule is COc1ccc(N(CC(=O)NCCSC(C)(C)C)S(=O)(=O)c2ccc(C)cc2)c(OC)c1. The fourth-order valence-corrected chi connectivity index (χ4v) is 5.11. The average molecular weight is 481 g/mol. The molecule has 2 rings (SSSR count). The van der Waals surface area contributed by atoms with Crippen LogP contribution in [0, 0.1) is 6.92 Å². The van der Waals surface area contributed by atoms with Gasteiger partial charge in [-0.25, -0.2) is 8.42 Å². The second-order valence-corrected chi connectivity index (χ2v) is 12.0. The van der Waals surface area contributed by atoms with Crippen molar-refractivity contribution in [1.29, 1.82) is 0 Å². The summed E-state index contributed by atoms with van der Waals surface area (Å²) in [6, 6.07) is 11.3. The number of amides is 1. The van der Waals surface area contributed by atoms with Gasteiger partial charge in [-0.05, 0) is 31.2 Å². The van der Waals surface area contributed by atoms with E-state index in [0.717, 1.165) is 15.6 Å². The van der Waals surface area contributed by atoms with Gasteiger partial charge in [0.25, 0.3) is 10.0 Å². The Balaban J connectivity index is 2.35. The first-order valence-corrected chi connectivity index (χ1v) is 12.6. The number of benzene rings is 2. The lowest BCUT2D eigenvalue weighted by atomic mass is 10.2. The van der Waals surface area contributed by atoms with Gasteiger partial charge in [0.05, 0.1) is 24.8 Å². The lowest BCUT2D eigenvalue weighted by molar-refractivity contribution is -0.119. The maximum Gasteiger partial charge on any atom is 0.264 e. The van der Waals surface area contributed by atoms with Gasteiger partial charge >= 0.3 is 0 Å². The van der Waals surface area contributed by atoms with E-state index in [0.29, 0.717) is 12.3 Å². The van der Waals surface area contributed by atoms with Crippen LogP contribution in [0.3, 0.4) is 0 Å². The summed E-state index contributed by atoms with van der Waals surface area (Å²) in [6.45, 7) is 8.25. The van der Waals surface area contributed by atoms with Crippen molar-refractivity contribution >= 4 is 33.4 Å². The molecule has 2 aromatic carbocycles. The van der Waals surface area contributed by atoms with E-state index in [9.17, 15) is 13.2 Å². The molecule has 32 heavy (non-hydrogen) atoms. The predicted octanol–water partition coefficient (Wildman–Crippen LogP) is 3.86. The first-order chi connectivity index (χ1) is 15.0. The van der Waals surface area contributed by atoms with E-state index in [1.54, 1.807) is 42.1 Å². The largest absolute Gasteiger partial charge is 0.497 e. The fraction of sp³-hybridized carbons (Fsp3) is 0.435. The highest BCUT2D eigenvalue weighted by Crippen LogP contribution is 2.35. The number of rotatable bonds is 10. The Labute approximate surface area is 195 Å². The van der Waals surface area contributed by atoms with Crippen LogP contribution in [0.2, 0.25) is 0 Å². The molecule has 0 saturated heterocycles. The van der Waals surface area contributed by atoms with Gasteiger partial charge in [-0.1, -0.05) is 38.5 Å². The third kappa shape index (κ3) is 7.06. The van der Waals surface area contributed by atoms with Crippen molar-refractivity contribution in [2.75, 3.05) is 37.4 Å². The topological polar surface area (TPSA) is 84.9 Å². The maximum absolute atomic E-state index is 13.5. The average Bonchev–Trinajstić information content (AvgIpc) is 2.74. The summed E-state index contributed by atoms with van der Waals surface area (Å²) < 4.78 is 38.8. The monoisotopic (exact) mass is 480 g/mol. The number of aryl methyl sites for hydroxylation is 1. The molecule has 0 aliphatic heterocycles. The summed E-state index contributed by atoms with van der Waals surface area (Å²) in [5.74, 6) is 1.14. The molecule has 0 radical (unpaired) electrons. The van der Waals surface area contributed by atoms with Crippen molar-refractivity contribution in [3.05, 3.63) is 48.0 Å². The van der Waals surface area contributed by atoms with Gasteiger partial charge in [-0.3, -0.25) is 9.10 Å². The molecule has 0 aliphatic carbocycles. The Kier molecular flexibility index (Phi) is 8.86. The molecule has 1 amide bonds. The summed E-state index contributed by atoms with van der Waals surface area (Å²) in [7, 11) is -1.07. The molecule has 0 bridgehead atoms. The predicted molar refractivity (Wildman–Crippen MR) is 130 cm³/mol. The minimum atomic E-state index is -4.03. The number of anilines is 1. The fourth-order valence-electron chi connectivity index (χ4n) is 2.86. The highest BCUT2D eigenvalue weighted by molar-refractivity contribution is 8.00. The first kappa shape index (κ1) is 25.9. The Bertz CT molecular complexity index is 1020. The van der Waals surface area contributed by atoms with Gasteiger partial charge in [-0.2, -0.15) is 11.8 Å². The number of hydrogen-bond donors (Lipinski definition) is 1. The lowest BCUT2D eigenvalue weighted by Gasteiger charge is -2.26. The first-order valence-electron chi connectivity index (χ1n) is 10.2. The van der Waals surface area contributed by atoms with Crippen LogP contribution in [-0.4, -0.2) is 52.1 Å². The number of thioether (sulfide) groups is 1. The molecule has 2 aromatic rings. The standard InChI is InChI=1S/C23H32N2O5S2/c1-17-7-10-19(11-8-17)32(27,28)25(16-22(26)24-13-14-31-23(2,3)4)20-12-9-18(29-5)15-21(20)30-6/h7-12,15H,13-14,16H2,1-6H3,(H,24,26). The second-order valence-electron chi connectivity index (χ2n) is 8.17. The van der Waals surface area contributed by atoms with Gasteiger partial charge in [0, 0.05) is 23.1 Å². The quantitative estimate of drug-likeness (QED) is 0.520. The summed E-state index contributed by atoms with van der Waals surface area (Å²) in [5.41, 5.74) is 1.19. The van der Waals surface area contributed by atoms with Crippen LogP contribution in [0.15, 0.2) is 47.4 Å². The van der Waals surface area contributed by atoms with Crippen molar-refractivity contribution in [3.63, 3.8) is 0 Å². The number of nitrogens with zero attached hydrogens (tertiary/aromatic N) is 1. The van der Waals surface area contributed by atoms with E-state index >= 15 is 0 Å². The number of methoxy groups -OCH3 is 2. The van der Waals surface area contributed by atoms with Gasteiger partial charge < -0.3 is 14.8 Å². The normalized spacial score (nSPS) is 11.7. The zero-order chi connectivity index (χ0) is 23.9. The molecular weight excluding hydrogens is 448 g/mol. The summed E-state index contributed by atoms with van der Waals surface area (Å²) in [5, 5.41) is 2.82. The zero-order valence-electron chi connectivity index (χ0n) is 19.5. The maximum atomic E-state index is 13.5. The molecule has 1 N–H and O–H groups in total. The van der Waals surface area contributed by atoms with Gasteiger partial charge in [0.1, 0.15) is 18.0 Å². The molecule has 0 spiro atoms. The van der Waals surface area contributed by atoms with Gasteiger partial charge in [0.15, 0.2) is 0 Å². The molecule has 7 nitrogen and oxygen atoms in total. The molecule has 0 aromatic heterocycles. The molecule has 0 fully saturated rings. The number of carbonyl (C=O) groups excluding carboxylic acids is 1. The number of hydrogen-bond acceptors (Lipinski definition) is 6. The van der Waals surface area contributed by atoms with E-state index in [1.165, 1.54) is 26.4 Å². The number of nitrogens with one attached hydrogen (secondary N) is 1. The molecule has 0 atom stereocenters. The highest BCUT2D eigenvalue weighted by Gasteiger charge is 2.29. The summed E-state index contributed by atoms with van der Waals surface area (Å²) >= 11 is 1.72. The van der Waals surface area contributed by atoms with Crippen LogP contribution in [-0.2, 0) is 14.8 Å². The minimum Gasteiger partial charge on any atom is -0.497 e. The molecule has 0 aliphatic rings. The van der Waals surface area contributed by atoms with E-state index in [1.807, 2.05) is 6.92 Å². The Morgan fingerprint density at radius 3 is 2.28 bits per heavy atom. The van der Waals surface area contributed by atoms with Crippen LogP contribution in [0.1, 0.15) is 26.3 Å². The van der Waals surface area contributed by atoms with Gasteiger partial charge in [0.2, 0.25) is 5.91 Å². The van der Waals surface area contributed by atoms with Gasteiger partial charge in [-0.15, -0.1) is 0 Å². The Morgan fingerprint density at radius 2 is 1.72 bits per heavy atom.